The molecule has 0 saturated heterocycles. The molecule has 33 heavy (non-hydrogen) atoms. The SMILES string of the molecule is Cc1c(/C(C#N)=c2/cc(C#N)c(=C(C#N)C#N)cc2C#N)c(C#N)cc(C#N)c1C(F)(F)F. The summed E-state index contributed by atoms with van der Waals surface area (Å²) in [5.74, 6) is 0. The first-order valence-corrected chi connectivity index (χ1v) is 8.61. The van der Waals surface area contributed by atoms with Crippen LogP contribution in [0.2, 0.25) is 0 Å². The van der Waals surface area contributed by atoms with Crippen LogP contribution in [0, 0.1) is 86.2 Å². The number of hydrogen-bond acceptors (Lipinski definition) is 7. The van der Waals surface area contributed by atoms with Crippen LogP contribution in [-0.4, -0.2) is 0 Å². The molecule has 0 amide bonds. The molecule has 0 heterocycles. The highest BCUT2D eigenvalue weighted by molar-refractivity contribution is 5.84. The summed E-state index contributed by atoms with van der Waals surface area (Å²) in [6.45, 7) is 0.986. The first-order chi connectivity index (χ1) is 15.6. The molecule has 0 aliphatic carbocycles. The number of rotatable bonds is 1. The van der Waals surface area contributed by atoms with Gasteiger partial charge in [-0.15, -0.1) is 0 Å². The number of benzene rings is 2. The molecule has 2 aromatic carbocycles. The van der Waals surface area contributed by atoms with Crippen molar-refractivity contribution in [3.63, 3.8) is 0 Å². The molecular formula is C23H6F3N7. The molecule has 0 unspecified atom stereocenters. The van der Waals surface area contributed by atoms with Crippen molar-refractivity contribution in [1.29, 1.82) is 36.8 Å². The molecule has 10 heteroatoms. The molecule has 154 valence electrons. The van der Waals surface area contributed by atoms with E-state index in [1.165, 1.54) is 6.07 Å². The molecule has 0 aromatic heterocycles. The summed E-state index contributed by atoms with van der Waals surface area (Å²) in [7, 11) is 0. The van der Waals surface area contributed by atoms with E-state index < -0.39 is 45.1 Å². The third kappa shape index (κ3) is 4.04. The molecule has 7 nitrogen and oxygen atoms in total. The van der Waals surface area contributed by atoms with Crippen LogP contribution in [0.1, 0.15) is 38.9 Å². The number of alkyl halides is 3. The lowest BCUT2D eigenvalue weighted by molar-refractivity contribution is -0.138. The molecule has 0 radical (unpaired) electrons. The van der Waals surface area contributed by atoms with Gasteiger partial charge in [-0.2, -0.15) is 50.0 Å². The highest BCUT2D eigenvalue weighted by atomic mass is 19.4. The van der Waals surface area contributed by atoms with E-state index >= 15 is 0 Å². The lowest BCUT2D eigenvalue weighted by atomic mass is 9.87. The van der Waals surface area contributed by atoms with E-state index in [0.717, 1.165) is 19.1 Å². The van der Waals surface area contributed by atoms with Gasteiger partial charge in [0.05, 0.1) is 57.7 Å². The molecule has 0 atom stereocenters. The fraction of sp³-hybridized carbons (Fsp3) is 0.0870. The van der Waals surface area contributed by atoms with Crippen LogP contribution < -0.4 is 10.4 Å². The van der Waals surface area contributed by atoms with Gasteiger partial charge < -0.3 is 0 Å². The molecule has 0 N–H and O–H groups in total. The predicted molar refractivity (Wildman–Crippen MR) is 103 cm³/mol. The zero-order chi connectivity index (χ0) is 24.9. The van der Waals surface area contributed by atoms with E-state index in [2.05, 4.69) is 0 Å². The van der Waals surface area contributed by atoms with Gasteiger partial charge in [-0.05, 0) is 30.7 Å². The van der Waals surface area contributed by atoms with Crippen molar-refractivity contribution in [2.24, 2.45) is 0 Å². The summed E-state index contributed by atoms with van der Waals surface area (Å²) in [6, 6.07) is 14.0. The van der Waals surface area contributed by atoms with Gasteiger partial charge in [-0.3, -0.25) is 0 Å². The normalized spacial score (nSPS) is 10.7. The van der Waals surface area contributed by atoms with E-state index in [4.69, 9.17) is 15.8 Å². The maximum Gasteiger partial charge on any atom is 0.417 e. The van der Waals surface area contributed by atoms with Crippen molar-refractivity contribution >= 4 is 11.1 Å². The molecule has 0 bridgehead atoms. The second-order valence-corrected chi connectivity index (χ2v) is 6.32. The first-order valence-electron chi connectivity index (χ1n) is 8.61. The van der Waals surface area contributed by atoms with Crippen molar-refractivity contribution in [2.45, 2.75) is 13.1 Å². The van der Waals surface area contributed by atoms with E-state index in [1.807, 2.05) is 0 Å². The Kier molecular flexibility index (Phi) is 6.49. The fourth-order valence-corrected chi connectivity index (χ4v) is 3.28. The molecule has 0 aliphatic rings. The largest absolute Gasteiger partial charge is 0.417 e. The van der Waals surface area contributed by atoms with Gasteiger partial charge in [0.1, 0.15) is 23.8 Å². The van der Waals surface area contributed by atoms with Crippen molar-refractivity contribution in [3.05, 3.63) is 67.6 Å². The molecule has 2 aromatic rings. The standard InChI is InChI=1S/C23H6F3N7/c1-12-21(15(7-29)2-16(8-30)22(12)23(24,25)26)20(11-33)19-4-13(5-27)18(3-14(19)6-28)17(9-31)10-32/h2-4H,1H3/b20-19-. The number of hydrogen-bond donors (Lipinski definition) is 0. The van der Waals surface area contributed by atoms with Crippen LogP contribution in [0.25, 0.3) is 11.1 Å². The van der Waals surface area contributed by atoms with Gasteiger partial charge in [-0.1, -0.05) is 0 Å². The topological polar surface area (TPSA) is 167 Å². The van der Waals surface area contributed by atoms with Crippen molar-refractivity contribution < 1.29 is 13.2 Å². The minimum atomic E-state index is -4.98. The maximum atomic E-state index is 13.7. The highest BCUT2D eigenvalue weighted by Gasteiger charge is 2.37. The van der Waals surface area contributed by atoms with Crippen LogP contribution in [-0.2, 0) is 6.18 Å². The van der Waals surface area contributed by atoms with Crippen LogP contribution >= 0.6 is 0 Å². The number of nitriles is 7. The Balaban J connectivity index is 3.32. The smallest absolute Gasteiger partial charge is 0.192 e. The summed E-state index contributed by atoms with van der Waals surface area (Å²) in [6.07, 6.45) is -4.98. The van der Waals surface area contributed by atoms with E-state index in [-0.39, 0.29) is 21.6 Å². The Morgan fingerprint density at radius 1 is 0.667 bits per heavy atom. The van der Waals surface area contributed by atoms with Crippen LogP contribution in [0.15, 0.2) is 18.2 Å². The number of nitrogens with zero attached hydrogens (tertiary/aromatic N) is 7. The predicted octanol–water partition coefficient (Wildman–Crippen LogP) is 2.42. The Bertz CT molecular complexity index is 1610. The van der Waals surface area contributed by atoms with Gasteiger partial charge in [0.25, 0.3) is 0 Å². The average molecular weight is 437 g/mol. The Morgan fingerprint density at radius 3 is 1.58 bits per heavy atom. The van der Waals surface area contributed by atoms with Gasteiger partial charge in [0.2, 0.25) is 0 Å². The van der Waals surface area contributed by atoms with E-state index in [9.17, 15) is 34.2 Å². The second kappa shape index (κ2) is 9.04. The third-order valence-electron chi connectivity index (χ3n) is 4.62. The maximum absolute atomic E-state index is 13.7. The summed E-state index contributed by atoms with van der Waals surface area (Å²) in [5.41, 5.74) is -5.21. The quantitative estimate of drug-likeness (QED) is 0.660. The number of halogens is 3. The van der Waals surface area contributed by atoms with Crippen molar-refractivity contribution in [1.82, 2.24) is 0 Å². The zero-order valence-corrected chi connectivity index (χ0v) is 16.5. The lowest BCUT2D eigenvalue weighted by Crippen LogP contribution is -2.22. The fourth-order valence-electron chi connectivity index (χ4n) is 3.28. The molecule has 2 rings (SSSR count). The Hall–Kier alpha value is -5.60. The second-order valence-electron chi connectivity index (χ2n) is 6.32. The monoisotopic (exact) mass is 437 g/mol. The van der Waals surface area contributed by atoms with Gasteiger partial charge in [-0.25, -0.2) is 0 Å². The Morgan fingerprint density at radius 2 is 1.15 bits per heavy atom. The molecule has 0 aliphatic heterocycles. The summed E-state index contributed by atoms with van der Waals surface area (Å²) in [4.78, 5) is 0. The summed E-state index contributed by atoms with van der Waals surface area (Å²) in [5, 5.41) is 65.2. The molecule has 0 spiro atoms. The van der Waals surface area contributed by atoms with E-state index in [1.54, 1.807) is 36.4 Å². The minimum Gasteiger partial charge on any atom is -0.192 e. The van der Waals surface area contributed by atoms with Crippen molar-refractivity contribution in [3.8, 4) is 42.5 Å². The van der Waals surface area contributed by atoms with E-state index in [0.29, 0.717) is 6.07 Å². The zero-order valence-electron chi connectivity index (χ0n) is 16.5. The van der Waals surface area contributed by atoms with Crippen LogP contribution in [0.3, 0.4) is 0 Å². The minimum absolute atomic E-state index is 0.187. The van der Waals surface area contributed by atoms with Gasteiger partial charge in [0, 0.05) is 16.0 Å². The van der Waals surface area contributed by atoms with Gasteiger partial charge in [0.15, 0.2) is 0 Å². The first kappa shape index (κ1) is 23.7. The Labute approximate surface area is 184 Å². The molecular weight excluding hydrogens is 431 g/mol. The average Bonchev–Trinajstić information content (AvgIpc) is 2.79. The van der Waals surface area contributed by atoms with Crippen molar-refractivity contribution in [2.75, 3.05) is 0 Å². The summed E-state index contributed by atoms with van der Waals surface area (Å²) < 4.78 is 41.0. The van der Waals surface area contributed by atoms with Crippen LogP contribution in [0.5, 0.6) is 0 Å². The molecule has 0 saturated carbocycles. The molecule has 0 fully saturated rings. The summed E-state index contributed by atoms with van der Waals surface area (Å²) >= 11 is 0. The van der Waals surface area contributed by atoms with Crippen LogP contribution in [0.4, 0.5) is 13.2 Å². The lowest BCUT2D eigenvalue weighted by Gasteiger charge is -2.17. The third-order valence-corrected chi connectivity index (χ3v) is 4.62. The van der Waals surface area contributed by atoms with Gasteiger partial charge >= 0.3 is 6.18 Å². The highest BCUT2D eigenvalue weighted by Crippen LogP contribution is 2.38.